The van der Waals surface area contributed by atoms with Gasteiger partial charge >= 0.3 is 0 Å². The van der Waals surface area contributed by atoms with Crippen LogP contribution >= 0.6 is 0 Å². The lowest BCUT2D eigenvalue weighted by Gasteiger charge is -2.20. The number of pyridine rings is 1. The third-order valence-corrected chi connectivity index (χ3v) is 2.39. The van der Waals surface area contributed by atoms with Gasteiger partial charge in [-0.25, -0.2) is 0 Å². The van der Waals surface area contributed by atoms with Crippen molar-refractivity contribution in [2.24, 2.45) is 5.73 Å². The third-order valence-electron chi connectivity index (χ3n) is 2.39. The number of nitrogens with two attached hydrogens (primary N) is 1. The smallest absolute Gasteiger partial charge is 0.183 e. The Bertz CT molecular complexity index is 345. The fraction of sp³-hybridized carbons (Fsp3) is 0.455. The Kier molecular flexibility index (Phi) is 3.01. The number of carbonyl (C=O) groups is 1. The topological polar surface area (TPSA) is 56.0 Å². The van der Waals surface area contributed by atoms with Crippen molar-refractivity contribution < 1.29 is 4.79 Å². The summed E-state index contributed by atoms with van der Waals surface area (Å²) in [7, 11) is 0. The molecule has 0 bridgehead atoms. The number of hydrogen-bond donors (Lipinski definition) is 1. The van der Waals surface area contributed by atoms with Gasteiger partial charge in [0.2, 0.25) is 0 Å². The van der Waals surface area contributed by atoms with Crippen LogP contribution in [0.5, 0.6) is 0 Å². The summed E-state index contributed by atoms with van der Waals surface area (Å²) >= 11 is 0. The van der Waals surface area contributed by atoms with E-state index in [0.717, 1.165) is 5.56 Å². The fourth-order valence-corrected chi connectivity index (χ4v) is 1.17. The van der Waals surface area contributed by atoms with E-state index in [2.05, 4.69) is 4.98 Å². The zero-order valence-corrected chi connectivity index (χ0v) is 8.87. The summed E-state index contributed by atoms with van der Waals surface area (Å²) in [5.74, 6) is -0.0452. The Balaban J connectivity index is 3.01. The third kappa shape index (κ3) is 2.17. The van der Waals surface area contributed by atoms with Gasteiger partial charge in [-0.15, -0.1) is 0 Å². The summed E-state index contributed by atoms with van der Waals surface area (Å²) in [6.45, 7) is 5.56. The molecule has 0 saturated carbocycles. The summed E-state index contributed by atoms with van der Waals surface area (Å²) in [6, 6.07) is 1.82. The SMILES string of the molecule is CCC(C)(N)C(=O)c1cncc(C)c1. The Labute approximate surface area is 84.3 Å². The molecule has 0 saturated heterocycles. The highest BCUT2D eigenvalue weighted by Crippen LogP contribution is 2.14. The molecule has 2 N–H and O–H groups in total. The zero-order valence-electron chi connectivity index (χ0n) is 8.87. The molecule has 0 aliphatic rings. The zero-order chi connectivity index (χ0) is 10.8. The lowest BCUT2D eigenvalue weighted by molar-refractivity contribution is 0.0897. The monoisotopic (exact) mass is 192 g/mol. The second-order valence-electron chi connectivity index (χ2n) is 3.85. The molecule has 1 aromatic heterocycles. The Morgan fingerprint density at radius 2 is 2.21 bits per heavy atom. The van der Waals surface area contributed by atoms with Crippen LogP contribution in [0, 0.1) is 6.92 Å². The van der Waals surface area contributed by atoms with Gasteiger partial charge in [-0.05, 0) is 31.9 Å². The quantitative estimate of drug-likeness (QED) is 0.741. The van der Waals surface area contributed by atoms with Crippen molar-refractivity contribution in [3.63, 3.8) is 0 Å². The second kappa shape index (κ2) is 3.88. The van der Waals surface area contributed by atoms with Crippen molar-refractivity contribution in [3.8, 4) is 0 Å². The molecular formula is C11H16N2O. The largest absolute Gasteiger partial charge is 0.319 e. The minimum absolute atomic E-state index is 0.0452. The molecule has 3 nitrogen and oxygen atoms in total. The highest BCUT2D eigenvalue weighted by molar-refractivity contribution is 6.02. The van der Waals surface area contributed by atoms with Gasteiger partial charge in [-0.1, -0.05) is 6.92 Å². The molecule has 0 fully saturated rings. The number of Topliss-reactive ketones (excluding diaryl/α,β-unsaturated/α-hetero) is 1. The van der Waals surface area contributed by atoms with E-state index < -0.39 is 5.54 Å². The first-order valence-electron chi connectivity index (χ1n) is 4.72. The average molecular weight is 192 g/mol. The first kappa shape index (κ1) is 10.9. The molecule has 1 heterocycles. The minimum Gasteiger partial charge on any atom is -0.319 e. The van der Waals surface area contributed by atoms with Crippen molar-refractivity contribution in [3.05, 3.63) is 29.6 Å². The normalized spacial score (nSPS) is 14.9. The van der Waals surface area contributed by atoms with Gasteiger partial charge in [-0.3, -0.25) is 9.78 Å². The van der Waals surface area contributed by atoms with Gasteiger partial charge in [0.25, 0.3) is 0 Å². The van der Waals surface area contributed by atoms with Crippen LogP contribution in [0.3, 0.4) is 0 Å². The number of aromatic nitrogens is 1. The molecule has 3 heteroatoms. The van der Waals surface area contributed by atoms with Gasteiger partial charge in [0.05, 0.1) is 5.54 Å². The first-order chi connectivity index (χ1) is 6.47. The number of rotatable bonds is 3. The molecule has 0 amide bonds. The van der Waals surface area contributed by atoms with Crippen LogP contribution in [0.2, 0.25) is 0 Å². The maximum Gasteiger partial charge on any atom is 0.183 e. The molecule has 0 aliphatic carbocycles. The van der Waals surface area contributed by atoms with Crippen molar-refractivity contribution in [2.45, 2.75) is 32.7 Å². The van der Waals surface area contributed by atoms with Gasteiger partial charge in [0.1, 0.15) is 0 Å². The van der Waals surface area contributed by atoms with Crippen LogP contribution in [0.25, 0.3) is 0 Å². The van der Waals surface area contributed by atoms with Crippen LogP contribution in [0.4, 0.5) is 0 Å². The molecule has 76 valence electrons. The molecule has 14 heavy (non-hydrogen) atoms. The van der Waals surface area contributed by atoms with Crippen LogP contribution in [0.1, 0.15) is 36.2 Å². The summed E-state index contributed by atoms with van der Waals surface area (Å²) < 4.78 is 0. The van der Waals surface area contributed by atoms with Crippen molar-refractivity contribution in [1.82, 2.24) is 4.98 Å². The molecule has 0 spiro atoms. The molecule has 1 aromatic rings. The lowest BCUT2D eigenvalue weighted by atomic mass is 9.90. The highest BCUT2D eigenvalue weighted by Gasteiger charge is 2.27. The molecule has 1 rings (SSSR count). The second-order valence-corrected chi connectivity index (χ2v) is 3.85. The number of hydrogen-bond acceptors (Lipinski definition) is 3. The van der Waals surface area contributed by atoms with E-state index in [1.165, 1.54) is 0 Å². The van der Waals surface area contributed by atoms with Crippen LogP contribution in [-0.4, -0.2) is 16.3 Å². The first-order valence-corrected chi connectivity index (χ1v) is 4.72. The number of nitrogens with zero attached hydrogens (tertiary/aromatic N) is 1. The van der Waals surface area contributed by atoms with Gasteiger partial charge in [0.15, 0.2) is 5.78 Å². The summed E-state index contributed by atoms with van der Waals surface area (Å²) in [5.41, 5.74) is 6.65. The Hall–Kier alpha value is -1.22. The maximum absolute atomic E-state index is 11.9. The van der Waals surface area contributed by atoms with Crippen molar-refractivity contribution in [1.29, 1.82) is 0 Å². The summed E-state index contributed by atoms with van der Waals surface area (Å²) in [5, 5.41) is 0. The predicted octanol–water partition coefficient (Wildman–Crippen LogP) is 1.70. The van der Waals surface area contributed by atoms with E-state index in [9.17, 15) is 4.79 Å². The van der Waals surface area contributed by atoms with E-state index in [1.807, 2.05) is 19.9 Å². The number of ketones is 1. The number of carbonyl (C=O) groups excluding carboxylic acids is 1. The molecule has 0 radical (unpaired) electrons. The molecule has 0 aromatic carbocycles. The van der Waals surface area contributed by atoms with Gasteiger partial charge in [0, 0.05) is 18.0 Å². The average Bonchev–Trinajstić information content (AvgIpc) is 2.16. The van der Waals surface area contributed by atoms with Crippen LogP contribution in [0.15, 0.2) is 18.5 Å². The van der Waals surface area contributed by atoms with E-state index in [4.69, 9.17) is 5.73 Å². The van der Waals surface area contributed by atoms with Gasteiger partial charge in [-0.2, -0.15) is 0 Å². The van der Waals surface area contributed by atoms with Crippen molar-refractivity contribution >= 4 is 5.78 Å². The van der Waals surface area contributed by atoms with E-state index in [1.54, 1.807) is 19.3 Å². The van der Waals surface area contributed by atoms with Gasteiger partial charge < -0.3 is 5.73 Å². The van der Waals surface area contributed by atoms with E-state index >= 15 is 0 Å². The fourth-order valence-electron chi connectivity index (χ4n) is 1.17. The highest BCUT2D eigenvalue weighted by atomic mass is 16.1. The summed E-state index contributed by atoms with van der Waals surface area (Å²) in [4.78, 5) is 15.9. The van der Waals surface area contributed by atoms with Crippen molar-refractivity contribution in [2.75, 3.05) is 0 Å². The molecule has 0 aliphatic heterocycles. The van der Waals surface area contributed by atoms with Crippen LogP contribution < -0.4 is 5.73 Å². The molecule has 1 atom stereocenters. The molecule has 1 unspecified atom stereocenters. The van der Waals surface area contributed by atoms with E-state index in [0.29, 0.717) is 12.0 Å². The maximum atomic E-state index is 11.9. The van der Waals surface area contributed by atoms with E-state index in [-0.39, 0.29) is 5.78 Å². The molecular weight excluding hydrogens is 176 g/mol. The lowest BCUT2D eigenvalue weighted by Crippen LogP contribution is -2.44. The minimum atomic E-state index is -0.782. The summed E-state index contributed by atoms with van der Waals surface area (Å²) in [6.07, 6.45) is 3.91. The number of aryl methyl sites for hydroxylation is 1. The Morgan fingerprint density at radius 3 is 2.71 bits per heavy atom. The van der Waals surface area contributed by atoms with Crippen LogP contribution in [-0.2, 0) is 0 Å². The standard InChI is InChI=1S/C11H16N2O/c1-4-11(3,12)10(14)9-5-8(2)6-13-7-9/h5-7H,4,12H2,1-3H3. The predicted molar refractivity (Wildman–Crippen MR) is 56.2 cm³/mol. The Morgan fingerprint density at radius 1 is 1.57 bits per heavy atom.